The second kappa shape index (κ2) is 5.88. The van der Waals surface area contributed by atoms with Crippen LogP contribution in [0.15, 0.2) is 12.1 Å². The van der Waals surface area contributed by atoms with Gasteiger partial charge in [0.25, 0.3) is 0 Å². The lowest BCUT2D eigenvalue weighted by atomic mass is 10.1. The van der Waals surface area contributed by atoms with Crippen molar-refractivity contribution >= 4 is 11.0 Å². The first-order chi connectivity index (χ1) is 9.17. The van der Waals surface area contributed by atoms with Crippen LogP contribution < -0.4 is 0 Å². The van der Waals surface area contributed by atoms with Crippen LogP contribution in [0.2, 0.25) is 0 Å². The third-order valence-corrected chi connectivity index (χ3v) is 3.64. The Morgan fingerprint density at radius 1 is 1.26 bits per heavy atom. The Kier molecular flexibility index (Phi) is 4.21. The lowest BCUT2D eigenvalue weighted by Gasteiger charge is -2.07. The molecule has 0 bridgehead atoms. The number of aromatic nitrogens is 2. The Morgan fingerprint density at radius 3 is 2.68 bits per heavy atom. The predicted molar refractivity (Wildman–Crippen MR) is 78.0 cm³/mol. The first kappa shape index (κ1) is 13.6. The number of aryl methyl sites for hydroxylation is 4. The SMILES string of the molecule is CCCCc1nc2cc(C)c(C)cc2n1CCC#N. The summed E-state index contributed by atoms with van der Waals surface area (Å²) in [5, 5.41) is 8.82. The van der Waals surface area contributed by atoms with Crippen molar-refractivity contribution in [3.05, 3.63) is 29.1 Å². The lowest BCUT2D eigenvalue weighted by Crippen LogP contribution is -2.04. The van der Waals surface area contributed by atoms with E-state index < -0.39 is 0 Å². The number of imidazole rings is 1. The zero-order chi connectivity index (χ0) is 13.8. The van der Waals surface area contributed by atoms with Crippen LogP contribution in [0.4, 0.5) is 0 Å². The summed E-state index contributed by atoms with van der Waals surface area (Å²) >= 11 is 0. The first-order valence-electron chi connectivity index (χ1n) is 7.00. The van der Waals surface area contributed by atoms with E-state index in [2.05, 4.69) is 43.5 Å². The standard InChI is InChI=1S/C16H21N3/c1-4-5-7-16-18-14-10-12(2)13(3)11-15(14)19(16)9-6-8-17/h10-11H,4-7,9H2,1-3H3. The van der Waals surface area contributed by atoms with Gasteiger partial charge in [0.05, 0.1) is 23.5 Å². The van der Waals surface area contributed by atoms with Crippen molar-refractivity contribution in [2.45, 2.75) is 53.0 Å². The second-order valence-electron chi connectivity index (χ2n) is 5.12. The summed E-state index contributed by atoms with van der Waals surface area (Å²) in [4.78, 5) is 4.76. The van der Waals surface area contributed by atoms with Gasteiger partial charge >= 0.3 is 0 Å². The fraction of sp³-hybridized carbons (Fsp3) is 0.500. The molecular weight excluding hydrogens is 234 g/mol. The van der Waals surface area contributed by atoms with Gasteiger partial charge in [0.15, 0.2) is 0 Å². The number of unbranched alkanes of at least 4 members (excludes halogenated alkanes) is 1. The third-order valence-electron chi connectivity index (χ3n) is 3.64. The average Bonchev–Trinajstić information content (AvgIpc) is 2.71. The third kappa shape index (κ3) is 2.78. The van der Waals surface area contributed by atoms with E-state index in [4.69, 9.17) is 10.2 Å². The highest BCUT2D eigenvalue weighted by molar-refractivity contribution is 5.78. The minimum absolute atomic E-state index is 0.539. The van der Waals surface area contributed by atoms with Gasteiger partial charge in [-0.05, 0) is 43.5 Å². The summed E-state index contributed by atoms with van der Waals surface area (Å²) in [6.45, 7) is 7.18. The summed E-state index contributed by atoms with van der Waals surface area (Å²) in [5.41, 5.74) is 4.80. The zero-order valence-electron chi connectivity index (χ0n) is 12.0. The zero-order valence-corrected chi connectivity index (χ0v) is 12.0. The maximum atomic E-state index is 8.82. The minimum Gasteiger partial charge on any atom is -0.327 e. The molecule has 0 saturated heterocycles. The topological polar surface area (TPSA) is 41.6 Å². The molecule has 0 aliphatic carbocycles. The maximum absolute atomic E-state index is 8.82. The van der Waals surface area contributed by atoms with Crippen molar-refractivity contribution in [1.82, 2.24) is 9.55 Å². The molecule has 0 fully saturated rings. The molecule has 0 N–H and O–H groups in total. The molecule has 2 rings (SSSR count). The fourth-order valence-corrected chi connectivity index (χ4v) is 2.37. The van der Waals surface area contributed by atoms with Crippen LogP contribution >= 0.6 is 0 Å². The molecule has 0 atom stereocenters. The normalized spacial score (nSPS) is 10.8. The van der Waals surface area contributed by atoms with Crippen molar-refractivity contribution in [1.29, 1.82) is 5.26 Å². The quantitative estimate of drug-likeness (QED) is 0.812. The van der Waals surface area contributed by atoms with E-state index in [9.17, 15) is 0 Å². The average molecular weight is 255 g/mol. The van der Waals surface area contributed by atoms with E-state index in [1.54, 1.807) is 0 Å². The number of benzene rings is 1. The van der Waals surface area contributed by atoms with Crippen molar-refractivity contribution in [2.75, 3.05) is 0 Å². The summed E-state index contributed by atoms with van der Waals surface area (Å²) in [6.07, 6.45) is 3.85. The molecule has 1 aromatic heterocycles. The Morgan fingerprint density at radius 2 is 2.00 bits per heavy atom. The van der Waals surface area contributed by atoms with Gasteiger partial charge in [-0.2, -0.15) is 5.26 Å². The molecule has 19 heavy (non-hydrogen) atoms. The molecule has 0 saturated carbocycles. The second-order valence-corrected chi connectivity index (χ2v) is 5.12. The van der Waals surface area contributed by atoms with Crippen LogP contribution in [0.25, 0.3) is 11.0 Å². The van der Waals surface area contributed by atoms with Gasteiger partial charge in [-0.1, -0.05) is 13.3 Å². The molecule has 2 aromatic rings. The van der Waals surface area contributed by atoms with Gasteiger partial charge in [0.2, 0.25) is 0 Å². The summed E-state index contributed by atoms with van der Waals surface area (Å²) in [5.74, 6) is 1.12. The molecule has 3 heteroatoms. The largest absolute Gasteiger partial charge is 0.327 e. The Balaban J connectivity index is 2.50. The lowest BCUT2D eigenvalue weighted by molar-refractivity contribution is 0.654. The molecule has 0 aliphatic heterocycles. The summed E-state index contributed by atoms with van der Waals surface area (Å²) in [6, 6.07) is 6.59. The highest BCUT2D eigenvalue weighted by Gasteiger charge is 2.11. The smallest absolute Gasteiger partial charge is 0.109 e. The Hall–Kier alpha value is -1.82. The van der Waals surface area contributed by atoms with Gasteiger partial charge in [-0.25, -0.2) is 4.98 Å². The molecule has 0 amide bonds. The molecule has 0 spiro atoms. The number of hydrogen-bond donors (Lipinski definition) is 0. The van der Waals surface area contributed by atoms with Gasteiger partial charge in [0.1, 0.15) is 5.82 Å². The van der Waals surface area contributed by atoms with Crippen molar-refractivity contribution < 1.29 is 0 Å². The van der Waals surface area contributed by atoms with E-state index in [1.807, 2.05) is 0 Å². The van der Waals surface area contributed by atoms with Crippen LogP contribution in [0.1, 0.15) is 43.1 Å². The Labute approximate surface area is 114 Å². The van der Waals surface area contributed by atoms with Gasteiger partial charge in [-0.3, -0.25) is 0 Å². The molecule has 1 aromatic carbocycles. The van der Waals surface area contributed by atoms with E-state index in [0.29, 0.717) is 6.42 Å². The van der Waals surface area contributed by atoms with Crippen LogP contribution in [-0.4, -0.2) is 9.55 Å². The predicted octanol–water partition coefficient (Wildman–Crippen LogP) is 3.91. The highest BCUT2D eigenvalue weighted by atomic mass is 15.1. The monoisotopic (exact) mass is 255 g/mol. The number of rotatable bonds is 5. The van der Waals surface area contributed by atoms with E-state index in [-0.39, 0.29) is 0 Å². The van der Waals surface area contributed by atoms with E-state index >= 15 is 0 Å². The maximum Gasteiger partial charge on any atom is 0.109 e. The number of nitrogens with zero attached hydrogens (tertiary/aromatic N) is 3. The molecule has 1 heterocycles. The van der Waals surface area contributed by atoms with Crippen molar-refractivity contribution in [3.8, 4) is 6.07 Å². The Bertz CT molecular complexity index is 617. The van der Waals surface area contributed by atoms with E-state index in [0.717, 1.165) is 30.7 Å². The van der Waals surface area contributed by atoms with Gasteiger partial charge < -0.3 is 4.57 Å². The molecular formula is C16H21N3. The number of fused-ring (bicyclic) bond motifs is 1. The number of nitriles is 1. The highest BCUT2D eigenvalue weighted by Crippen LogP contribution is 2.22. The summed E-state index contributed by atoms with van der Waals surface area (Å²) < 4.78 is 2.22. The first-order valence-corrected chi connectivity index (χ1v) is 7.00. The molecule has 3 nitrogen and oxygen atoms in total. The van der Waals surface area contributed by atoms with Crippen molar-refractivity contribution in [2.24, 2.45) is 0 Å². The van der Waals surface area contributed by atoms with Crippen LogP contribution in [0, 0.1) is 25.2 Å². The van der Waals surface area contributed by atoms with Gasteiger partial charge in [0, 0.05) is 13.0 Å². The van der Waals surface area contributed by atoms with Gasteiger partial charge in [-0.15, -0.1) is 0 Å². The molecule has 0 unspecified atom stereocenters. The molecule has 0 radical (unpaired) electrons. The van der Waals surface area contributed by atoms with E-state index in [1.165, 1.54) is 23.1 Å². The van der Waals surface area contributed by atoms with Crippen LogP contribution in [-0.2, 0) is 13.0 Å². The van der Waals surface area contributed by atoms with Crippen molar-refractivity contribution in [3.63, 3.8) is 0 Å². The summed E-state index contributed by atoms with van der Waals surface area (Å²) in [7, 11) is 0. The van der Waals surface area contributed by atoms with Crippen LogP contribution in [0.3, 0.4) is 0 Å². The molecule has 100 valence electrons. The fourth-order valence-electron chi connectivity index (χ4n) is 2.37. The molecule has 0 aliphatic rings. The number of hydrogen-bond acceptors (Lipinski definition) is 2. The van der Waals surface area contributed by atoms with Crippen LogP contribution in [0.5, 0.6) is 0 Å². The minimum atomic E-state index is 0.539.